The second kappa shape index (κ2) is 8.02. The first-order valence-corrected chi connectivity index (χ1v) is 8.01. The van der Waals surface area contributed by atoms with Crippen LogP contribution in [0.15, 0.2) is 66.9 Å². The highest BCUT2D eigenvalue weighted by molar-refractivity contribution is 6.04. The molecule has 0 atom stereocenters. The largest absolute Gasteiger partial charge is 0.497 e. The summed E-state index contributed by atoms with van der Waals surface area (Å²) in [6.07, 6.45) is 1.60. The number of amides is 1. The Hall–Kier alpha value is -3.54. The van der Waals surface area contributed by atoms with E-state index in [2.05, 4.69) is 15.6 Å². The van der Waals surface area contributed by atoms with Gasteiger partial charge < -0.3 is 20.1 Å². The zero-order chi connectivity index (χ0) is 18.4. The lowest BCUT2D eigenvalue weighted by Gasteiger charge is -2.12. The number of rotatable bonds is 6. The van der Waals surface area contributed by atoms with E-state index in [0.29, 0.717) is 28.6 Å². The maximum Gasteiger partial charge on any atom is 0.255 e. The lowest BCUT2D eigenvalue weighted by molar-refractivity contribution is 0.102. The highest BCUT2D eigenvalue weighted by Crippen LogP contribution is 2.31. The molecule has 0 saturated carbocycles. The number of methoxy groups -OCH3 is 2. The molecule has 0 bridgehead atoms. The van der Waals surface area contributed by atoms with Gasteiger partial charge in [0.05, 0.1) is 31.8 Å². The van der Waals surface area contributed by atoms with E-state index in [9.17, 15) is 4.79 Å². The van der Waals surface area contributed by atoms with Gasteiger partial charge in [-0.3, -0.25) is 4.79 Å². The fraction of sp³-hybridized carbons (Fsp3) is 0.100. The summed E-state index contributed by atoms with van der Waals surface area (Å²) in [4.78, 5) is 16.5. The van der Waals surface area contributed by atoms with Crippen molar-refractivity contribution in [1.82, 2.24) is 4.98 Å². The summed E-state index contributed by atoms with van der Waals surface area (Å²) in [5, 5.41) is 6.00. The number of hydrogen-bond acceptors (Lipinski definition) is 5. The monoisotopic (exact) mass is 349 g/mol. The molecule has 6 heteroatoms. The van der Waals surface area contributed by atoms with Gasteiger partial charge in [0.2, 0.25) is 0 Å². The summed E-state index contributed by atoms with van der Waals surface area (Å²) in [6, 6.07) is 18.1. The van der Waals surface area contributed by atoms with Gasteiger partial charge in [-0.25, -0.2) is 4.98 Å². The van der Waals surface area contributed by atoms with E-state index in [4.69, 9.17) is 9.47 Å². The number of ether oxygens (including phenoxy) is 2. The molecule has 3 rings (SSSR count). The fourth-order valence-electron chi connectivity index (χ4n) is 2.37. The molecule has 2 aromatic carbocycles. The number of carbonyl (C=O) groups excluding carboxylic acids is 1. The topological polar surface area (TPSA) is 72.5 Å². The van der Waals surface area contributed by atoms with Crippen LogP contribution in [0, 0.1) is 0 Å². The Balaban J connectivity index is 1.69. The molecular formula is C20H19N3O3. The SMILES string of the molecule is COc1ccc(Nc2ccc(NC(=O)c3ccccc3)cn2)c(OC)c1. The summed E-state index contributed by atoms with van der Waals surface area (Å²) in [5.41, 5.74) is 1.98. The molecule has 6 nitrogen and oxygen atoms in total. The molecule has 2 N–H and O–H groups in total. The molecule has 0 spiro atoms. The van der Waals surface area contributed by atoms with Gasteiger partial charge in [0.25, 0.3) is 5.91 Å². The van der Waals surface area contributed by atoms with Gasteiger partial charge in [-0.2, -0.15) is 0 Å². The van der Waals surface area contributed by atoms with Crippen LogP contribution in [0.5, 0.6) is 11.5 Å². The van der Waals surface area contributed by atoms with Gasteiger partial charge in [0, 0.05) is 11.6 Å². The van der Waals surface area contributed by atoms with Gasteiger partial charge in [-0.05, 0) is 36.4 Å². The first-order chi connectivity index (χ1) is 12.7. The maximum atomic E-state index is 12.2. The Kier molecular flexibility index (Phi) is 5.34. The predicted molar refractivity (Wildman–Crippen MR) is 101 cm³/mol. The van der Waals surface area contributed by atoms with Gasteiger partial charge in [0.15, 0.2) is 0 Å². The van der Waals surface area contributed by atoms with Crippen LogP contribution < -0.4 is 20.1 Å². The zero-order valence-electron chi connectivity index (χ0n) is 14.5. The molecule has 0 aliphatic rings. The van der Waals surface area contributed by atoms with Crippen molar-refractivity contribution >= 4 is 23.1 Å². The molecule has 3 aromatic rings. The minimum absolute atomic E-state index is 0.176. The van der Waals surface area contributed by atoms with E-state index < -0.39 is 0 Å². The van der Waals surface area contributed by atoms with Crippen molar-refractivity contribution in [3.63, 3.8) is 0 Å². The third-order valence-electron chi connectivity index (χ3n) is 3.73. The van der Waals surface area contributed by atoms with Crippen molar-refractivity contribution in [3.05, 3.63) is 72.4 Å². The molecule has 0 unspecified atom stereocenters. The molecule has 1 heterocycles. The summed E-state index contributed by atoms with van der Waals surface area (Å²) < 4.78 is 10.5. The van der Waals surface area contributed by atoms with Crippen molar-refractivity contribution in [3.8, 4) is 11.5 Å². The van der Waals surface area contributed by atoms with Gasteiger partial charge in [-0.1, -0.05) is 18.2 Å². The van der Waals surface area contributed by atoms with Gasteiger partial charge in [0.1, 0.15) is 17.3 Å². The lowest BCUT2D eigenvalue weighted by atomic mass is 10.2. The summed E-state index contributed by atoms with van der Waals surface area (Å²) in [5.74, 6) is 1.81. The summed E-state index contributed by atoms with van der Waals surface area (Å²) in [6.45, 7) is 0. The quantitative estimate of drug-likeness (QED) is 0.701. The summed E-state index contributed by atoms with van der Waals surface area (Å²) in [7, 11) is 3.20. The standard InChI is InChI=1S/C20H19N3O3/c1-25-16-9-10-17(18(12-16)26-2)23-19-11-8-15(13-21-19)22-20(24)14-6-4-3-5-7-14/h3-13H,1-2H3,(H,21,23)(H,22,24). The molecule has 0 aliphatic heterocycles. The van der Waals surface area contributed by atoms with Crippen LogP contribution in [0.1, 0.15) is 10.4 Å². The zero-order valence-corrected chi connectivity index (χ0v) is 14.5. The molecule has 0 fully saturated rings. The molecule has 0 aliphatic carbocycles. The maximum absolute atomic E-state index is 12.2. The number of benzene rings is 2. The Labute approximate surface area is 151 Å². The highest BCUT2D eigenvalue weighted by atomic mass is 16.5. The minimum Gasteiger partial charge on any atom is -0.497 e. The predicted octanol–water partition coefficient (Wildman–Crippen LogP) is 4.09. The van der Waals surface area contributed by atoms with Crippen molar-refractivity contribution < 1.29 is 14.3 Å². The van der Waals surface area contributed by atoms with Crippen LogP contribution in [0.4, 0.5) is 17.2 Å². The third kappa shape index (κ3) is 4.10. The molecule has 1 amide bonds. The number of hydrogen-bond donors (Lipinski definition) is 2. The van der Waals surface area contributed by atoms with Crippen molar-refractivity contribution in [2.24, 2.45) is 0 Å². The van der Waals surface area contributed by atoms with Crippen LogP contribution in [-0.4, -0.2) is 25.1 Å². The normalized spacial score (nSPS) is 10.1. The van der Waals surface area contributed by atoms with Crippen LogP contribution >= 0.6 is 0 Å². The van der Waals surface area contributed by atoms with Crippen LogP contribution in [-0.2, 0) is 0 Å². The number of aromatic nitrogens is 1. The van der Waals surface area contributed by atoms with E-state index in [0.717, 1.165) is 5.69 Å². The fourth-order valence-corrected chi connectivity index (χ4v) is 2.37. The summed E-state index contributed by atoms with van der Waals surface area (Å²) >= 11 is 0. The average Bonchev–Trinajstić information content (AvgIpc) is 2.70. The Bertz CT molecular complexity index is 881. The van der Waals surface area contributed by atoms with Crippen LogP contribution in [0.25, 0.3) is 0 Å². The lowest BCUT2D eigenvalue weighted by Crippen LogP contribution is -2.11. The number of anilines is 3. The van der Waals surface area contributed by atoms with Crippen molar-refractivity contribution in [2.75, 3.05) is 24.9 Å². The van der Waals surface area contributed by atoms with E-state index in [1.54, 1.807) is 50.7 Å². The second-order valence-corrected chi connectivity index (χ2v) is 5.44. The van der Waals surface area contributed by atoms with Crippen molar-refractivity contribution in [1.29, 1.82) is 0 Å². The van der Waals surface area contributed by atoms with Crippen LogP contribution in [0.3, 0.4) is 0 Å². The first kappa shape index (κ1) is 17.3. The minimum atomic E-state index is -0.176. The molecule has 132 valence electrons. The Morgan fingerprint density at radius 1 is 0.962 bits per heavy atom. The average molecular weight is 349 g/mol. The third-order valence-corrected chi connectivity index (χ3v) is 3.73. The number of pyridine rings is 1. The van der Waals surface area contributed by atoms with E-state index in [1.807, 2.05) is 30.3 Å². The molecule has 0 saturated heterocycles. The molecule has 0 radical (unpaired) electrons. The van der Waals surface area contributed by atoms with Crippen LogP contribution in [0.2, 0.25) is 0 Å². The highest BCUT2D eigenvalue weighted by Gasteiger charge is 2.08. The number of carbonyl (C=O) groups is 1. The molecule has 26 heavy (non-hydrogen) atoms. The number of nitrogens with zero attached hydrogens (tertiary/aromatic N) is 1. The Morgan fingerprint density at radius 2 is 1.77 bits per heavy atom. The van der Waals surface area contributed by atoms with E-state index in [-0.39, 0.29) is 5.91 Å². The Morgan fingerprint density at radius 3 is 2.42 bits per heavy atom. The van der Waals surface area contributed by atoms with Gasteiger partial charge in [-0.15, -0.1) is 0 Å². The second-order valence-electron chi connectivity index (χ2n) is 5.44. The smallest absolute Gasteiger partial charge is 0.255 e. The van der Waals surface area contributed by atoms with E-state index in [1.165, 1.54) is 0 Å². The van der Waals surface area contributed by atoms with E-state index >= 15 is 0 Å². The molecule has 1 aromatic heterocycles. The first-order valence-electron chi connectivity index (χ1n) is 8.01. The van der Waals surface area contributed by atoms with Gasteiger partial charge >= 0.3 is 0 Å². The number of nitrogens with one attached hydrogen (secondary N) is 2. The molecular weight excluding hydrogens is 330 g/mol. The van der Waals surface area contributed by atoms with Crippen molar-refractivity contribution in [2.45, 2.75) is 0 Å².